The zero-order chi connectivity index (χ0) is 35.4. The molecule has 3 aliphatic rings. The molecule has 1 unspecified atom stereocenters. The van der Waals surface area contributed by atoms with Crippen molar-refractivity contribution in [3.05, 3.63) is 65.1 Å². The van der Waals surface area contributed by atoms with Crippen LogP contribution in [0.25, 0.3) is 21.8 Å². The van der Waals surface area contributed by atoms with Crippen LogP contribution < -0.4 is 4.90 Å². The van der Waals surface area contributed by atoms with Crippen LogP contribution in [0.15, 0.2) is 42.7 Å². The number of anilines is 1. The van der Waals surface area contributed by atoms with E-state index in [1.165, 1.54) is 28.5 Å². The summed E-state index contributed by atoms with van der Waals surface area (Å²) < 4.78 is 66.9. The Morgan fingerprint density at radius 2 is 1.68 bits per heavy atom. The lowest BCUT2D eigenvalue weighted by Gasteiger charge is -2.54. The molecule has 5 heterocycles. The van der Waals surface area contributed by atoms with Gasteiger partial charge >= 0.3 is 6.18 Å². The first kappa shape index (κ1) is 34.7. The lowest BCUT2D eigenvalue weighted by Crippen LogP contribution is -2.60. The molecule has 7 rings (SSSR count). The van der Waals surface area contributed by atoms with Crippen LogP contribution in [0, 0.1) is 23.7 Å². The van der Waals surface area contributed by atoms with E-state index in [1.807, 2.05) is 6.07 Å². The topological polar surface area (TPSA) is 102 Å². The van der Waals surface area contributed by atoms with Gasteiger partial charge in [0, 0.05) is 80.1 Å². The summed E-state index contributed by atoms with van der Waals surface area (Å²) in [5.41, 5.74) is 5.06. The summed E-state index contributed by atoms with van der Waals surface area (Å²) in [6.45, 7) is 11.5. The van der Waals surface area contributed by atoms with Crippen molar-refractivity contribution in [1.29, 1.82) is 5.26 Å². The van der Waals surface area contributed by atoms with Crippen molar-refractivity contribution in [2.75, 3.05) is 63.5 Å². The molecule has 266 valence electrons. The van der Waals surface area contributed by atoms with Crippen molar-refractivity contribution < 1.29 is 21.6 Å². The number of fused-ring (bicyclic) bond motifs is 2. The Hall–Kier alpha value is -3.77. The van der Waals surface area contributed by atoms with Gasteiger partial charge in [-0.1, -0.05) is 12.1 Å². The highest BCUT2D eigenvalue weighted by atomic mass is 32.2. The van der Waals surface area contributed by atoms with Crippen LogP contribution in [0.1, 0.15) is 42.1 Å². The summed E-state index contributed by atoms with van der Waals surface area (Å²) in [5, 5.41) is 11.8. The minimum absolute atomic E-state index is 0.131. The van der Waals surface area contributed by atoms with Gasteiger partial charge in [0.15, 0.2) is 0 Å². The Morgan fingerprint density at radius 1 is 0.960 bits per heavy atom. The molecule has 3 fully saturated rings. The summed E-state index contributed by atoms with van der Waals surface area (Å²) in [5.74, 6) is 0.709. The van der Waals surface area contributed by atoms with Crippen molar-refractivity contribution in [2.24, 2.45) is 5.41 Å². The first-order chi connectivity index (χ1) is 23.7. The van der Waals surface area contributed by atoms with Gasteiger partial charge in [0.05, 0.1) is 18.2 Å². The van der Waals surface area contributed by atoms with Crippen molar-refractivity contribution in [2.45, 2.75) is 58.4 Å². The van der Waals surface area contributed by atoms with Gasteiger partial charge in [-0.2, -0.15) is 22.7 Å². The van der Waals surface area contributed by atoms with E-state index in [-0.39, 0.29) is 17.0 Å². The molecule has 0 amide bonds. The Labute approximate surface area is 291 Å². The molecule has 0 saturated carbocycles. The van der Waals surface area contributed by atoms with Gasteiger partial charge < -0.3 is 9.47 Å². The molecule has 2 aromatic heterocycles. The van der Waals surface area contributed by atoms with Gasteiger partial charge in [0.25, 0.3) is 0 Å². The summed E-state index contributed by atoms with van der Waals surface area (Å²) in [7, 11) is -3.20. The molecule has 2 aromatic carbocycles. The molecule has 4 aromatic rings. The Balaban J connectivity index is 0.999. The quantitative estimate of drug-likeness (QED) is 0.254. The molecular formula is C36H43F3N8O2S. The van der Waals surface area contributed by atoms with Crippen LogP contribution in [-0.2, 0) is 29.5 Å². The van der Waals surface area contributed by atoms with E-state index in [2.05, 4.69) is 61.3 Å². The normalized spacial score (nSPS) is 20.0. The van der Waals surface area contributed by atoms with Gasteiger partial charge in [-0.3, -0.25) is 9.80 Å². The SMILES string of the molecule is Cc1cc(CN2CCC3(CC2)CN(c2ncnc4ccc(CC(F)(F)F)cc24)C3)cc2c1cc(C#N)n2CC(C)N1CCN(S(C)(=O)=O)CC1. The molecule has 3 saturated heterocycles. The number of piperazine rings is 1. The average molecular weight is 709 g/mol. The number of aromatic nitrogens is 3. The number of aryl methyl sites for hydroxylation is 1. The predicted molar refractivity (Wildman–Crippen MR) is 187 cm³/mol. The second kappa shape index (κ2) is 13.1. The molecule has 14 heteroatoms. The van der Waals surface area contributed by atoms with Gasteiger partial charge in [-0.15, -0.1) is 0 Å². The van der Waals surface area contributed by atoms with Crippen LogP contribution in [0.5, 0.6) is 0 Å². The maximum atomic E-state index is 13.1. The van der Waals surface area contributed by atoms with Gasteiger partial charge in [0.1, 0.15) is 23.9 Å². The fourth-order valence-corrected chi connectivity index (χ4v) is 9.03. The molecule has 1 atom stereocenters. The second-order valence-corrected chi connectivity index (χ2v) is 16.6. The Bertz CT molecular complexity index is 2050. The van der Waals surface area contributed by atoms with Crippen molar-refractivity contribution >= 4 is 37.6 Å². The lowest BCUT2D eigenvalue weighted by atomic mass is 9.72. The first-order valence-corrected chi connectivity index (χ1v) is 19.0. The van der Waals surface area contributed by atoms with Crippen molar-refractivity contribution in [3.63, 3.8) is 0 Å². The van der Waals surface area contributed by atoms with Crippen molar-refractivity contribution in [3.8, 4) is 6.07 Å². The van der Waals surface area contributed by atoms with Crippen LogP contribution >= 0.6 is 0 Å². The van der Waals surface area contributed by atoms with E-state index >= 15 is 0 Å². The number of sulfonamides is 1. The highest BCUT2D eigenvalue weighted by molar-refractivity contribution is 7.88. The van der Waals surface area contributed by atoms with E-state index in [0.29, 0.717) is 55.1 Å². The summed E-state index contributed by atoms with van der Waals surface area (Å²) in [6.07, 6.45) is -0.427. The molecule has 0 bridgehead atoms. The number of nitrogens with zero attached hydrogens (tertiary/aromatic N) is 8. The van der Waals surface area contributed by atoms with E-state index in [0.717, 1.165) is 62.0 Å². The zero-order valence-electron chi connectivity index (χ0n) is 28.7. The standard InChI is InChI=1S/C36H43F3N8O2S/c1-25-14-28(16-33-30(25)17-29(19-40)47(33)20-26(2)44-10-12-46(13-11-44)50(3,48)49)21-43-8-6-35(7-9-43)22-45(23-35)34-31-15-27(18-36(37,38)39)4-5-32(31)41-24-42-34/h4-5,14-17,24,26H,6-13,18,20-23H2,1-3H3. The molecule has 50 heavy (non-hydrogen) atoms. The molecular weight excluding hydrogens is 666 g/mol. The maximum Gasteiger partial charge on any atom is 0.393 e. The maximum absolute atomic E-state index is 13.1. The molecule has 0 N–H and O–H groups in total. The monoisotopic (exact) mass is 708 g/mol. The average Bonchev–Trinajstić information content (AvgIpc) is 3.40. The first-order valence-electron chi connectivity index (χ1n) is 17.2. The third-order valence-electron chi connectivity index (χ3n) is 11.0. The van der Waals surface area contributed by atoms with Crippen LogP contribution in [0.4, 0.5) is 19.0 Å². The van der Waals surface area contributed by atoms with E-state index in [1.54, 1.807) is 12.1 Å². The number of piperidine rings is 1. The van der Waals surface area contributed by atoms with Gasteiger partial charge in [0.2, 0.25) is 10.0 Å². The molecule has 0 radical (unpaired) electrons. The molecule has 3 aliphatic heterocycles. The zero-order valence-corrected chi connectivity index (χ0v) is 29.6. The number of likely N-dealkylation sites (tertiary alicyclic amines) is 1. The van der Waals surface area contributed by atoms with E-state index in [9.17, 15) is 26.9 Å². The predicted octanol–water partition coefficient (Wildman–Crippen LogP) is 4.94. The number of hydrogen-bond acceptors (Lipinski definition) is 8. The number of nitriles is 1. The molecule has 10 nitrogen and oxygen atoms in total. The number of rotatable bonds is 8. The minimum atomic E-state index is -4.27. The number of halogens is 3. The van der Waals surface area contributed by atoms with Crippen LogP contribution in [0.3, 0.4) is 0 Å². The van der Waals surface area contributed by atoms with Crippen LogP contribution in [-0.4, -0.2) is 108 Å². The van der Waals surface area contributed by atoms with E-state index < -0.39 is 22.6 Å². The number of alkyl halides is 3. The summed E-state index contributed by atoms with van der Waals surface area (Å²) in [6, 6.07) is 13.7. The van der Waals surface area contributed by atoms with Gasteiger partial charge in [-0.05, 0) is 80.7 Å². The highest BCUT2D eigenvalue weighted by Crippen LogP contribution is 2.44. The Morgan fingerprint density at radius 3 is 2.34 bits per heavy atom. The number of hydrogen-bond donors (Lipinski definition) is 0. The second-order valence-electron chi connectivity index (χ2n) is 14.6. The highest BCUT2D eigenvalue weighted by Gasteiger charge is 2.45. The lowest BCUT2D eigenvalue weighted by molar-refractivity contribution is -0.127. The fraction of sp³-hybridized carbons (Fsp3) is 0.528. The number of benzene rings is 2. The smallest absolute Gasteiger partial charge is 0.355 e. The minimum Gasteiger partial charge on any atom is -0.355 e. The Kier molecular flexibility index (Phi) is 9.07. The van der Waals surface area contributed by atoms with Gasteiger partial charge in [-0.25, -0.2) is 18.4 Å². The summed E-state index contributed by atoms with van der Waals surface area (Å²) in [4.78, 5) is 15.8. The molecule has 1 spiro atoms. The molecule has 0 aliphatic carbocycles. The summed E-state index contributed by atoms with van der Waals surface area (Å²) >= 11 is 0. The third-order valence-corrected chi connectivity index (χ3v) is 12.3. The largest absolute Gasteiger partial charge is 0.393 e. The van der Waals surface area contributed by atoms with E-state index in [4.69, 9.17) is 0 Å². The fourth-order valence-electron chi connectivity index (χ4n) is 8.20. The van der Waals surface area contributed by atoms with Crippen molar-refractivity contribution in [1.82, 2.24) is 28.6 Å². The third kappa shape index (κ3) is 7.06. The van der Waals surface area contributed by atoms with Crippen LogP contribution in [0.2, 0.25) is 0 Å².